The van der Waals surface area contributed by atoms with Gasteiger partial charge in [-0.1, -0.05) is 36.4 Å². The summed E-state index contributed by atoms with van der Waals surface area (Å²) < 4.78 is 96.4. The first-order valence-corrected chi connectivity index (χ1v) is 38.3. The van der Waals surface area contributed by atoms with Crippen LogP contribution >= 0.6 is 0 Å². The lowest BCUT2D eigenvalue weighted by Crippen LogP contribution is -2.31. The SMILES string of the molecule is CN1CCC(c2ccc(N)cc2)CC1.COc1cc(C)c(S(=O)(=O)N(C)CCC(=O)Nc2ccc(C3CCN(C)CC3)cc2)c(C)c1.COc1cc(C)c(S(=O)(=O)N(C)CCC(=O)Nc2ccc(C3CCN(C)CC3)cc2)c(C)c1.COc1cc(C)c(S(=O)(=O)N(C)CCC(=O)O)c(C)c1. The van der Waals surface area contributed by atoms with E-state index >= 15 is 0 Å². The van der Waals surface area contributed by atoms with Crippen LogP contribution in [0.5, 0.6) is 17.2 Å². The number of nitrogen functional groups attached to an aromatic ring is 1. The summed E-state index contributed by atoms with van der Waals surface area (Å²) in [4.78, 5) is 43.3. The minimum absolute atomic E-state index is 0.0669. The van der Waals surface area contributed by atoms with Crippen LogP contribution in [0, 0.1) is 41.5 Å². The van der Waals surface area contributed by atoms with Gasteiger partial charge >= 0.3 is 5.97 Å². The number of amides is 2. The number of piperidine rings is 3. The second-order valence-corrected chi connectivity index (χ2v) is 32.6. The van der Waals surface area contributed by atoms with Crippen molar-refractivity contribution in [3.8, 4) is 17.2 Å². The molecule has 25 heteroatoms. The average molecular weight is 1440 g/mol. The maximum absolute atomic E-state index is 13.1. The summed E-state index contributed by atoms with van der Waals surface area (Å²) in [5, 5.41) is 14.4. The molecule has 0 aliphatic carbocycles. The normalized spacial score (nSPS) is 15.4. The largest absolute Gasteiger partial charge is 0.497 e. The first-order valence-electron chi connectivity index (χ1n) is 34.0. The second-order valence-electron chi connectivity index (χ2n) is 26.6. The fourth-order valence-corrected chi connectivity index (χ4v) is 17.5. The third-order valence-electron chi connectivity index (χ3n) is 18.9. The highest BCUT2D eigenvalue weighted by Gasteiger charge is 2.30. The van der Waals surface area contributed by atoms with Crippen LogP contribution < -0.4 is 30.6 Å². The smallest absolute Gasteiger partial charge is 0.304 e. The predicted molar refractivity (Wildman–Crippen MR) is 398 cm³/mol. The summed E-state index contributed by atoms with van der Waals surface area (Å²) in [6.45, 7) is 17.3. The van der Waals surface area contributed by atoms with Gasteiger partial charge in [0, 0.05) is 70.7 Å². The number of nitrogens with zero attached hydrogens (tertiary/aromatic N) is 6. The third kappa shape index (κ3) is 23.0. The number of methoxy groups -OCH3 is 3. The molecule has 100 heavy (non-hydrogen) atoms. The molecular formula is C75H107N9O13S3. The van der Waals surface area contributed by atoms with Crippen molar-refractivity contribution in [2.24, 2.45) is 0 Å². The molecule has 0 saturated carbocycles. The van der Waals surface area contributed by atoms with Gasteiger partial charge in [0.25, 0.3) is 0 Å². The standard InChI is InChI=1S/2C25H35N3O4S.C13H19NO5S.C12H18N2/c2*1-18-16-23(32-5)17-19(2)25(18)33(30,31)28(4)15-12-24(29)26-22-8-6-20(7-9-22)21-10-13-27(3)14-11-21;1-9-7-11(19-4)8-10(2)13(9)20(17,18)14(3)6-5-12(15)16;1-14-8-6-11(7-9-14)10-2-4-12(13)5-3-10/h2*6-9,16-17,21H,10-15H2,1-5H3,(H,26,29);7-8H,5-6H2,1-4H3,(H,15,16);2-5,11H,6-9,13H2,1H3. The van der Waals surface area contributed by atoms with E-state index < -0.39 is 36.0 Å². The number of hydrogen-bond acceptors (Lipinski definition) is 16. The molecule has 0 unspecified atom stereocenters. The van der Waals surface area contributed by atoms with Crippen LogP contribution in [0.4, 0.5) is 17.1 Å². The van der Waals surface area contributed by atoms with Crippen molar-refractivity contribution in [1.29, 1.82) is 0 Å². The lowest BCUT2D eigenvalue weighted by atomic mass is 9.89. The van der Waals surface area contributed by atoms with E-state index in [1.807, 2.05) is 36.4 Å². The quantitative estimate of drug-likeness (QED) is 0.0434. The molecule has 0 spiro atoms. The van der Waals surface area contributed by atoms with Crippen molar-refractivity contribution >= 4 is 64.9 Å². The summed E-state index contributed by atoms with van der Waals surface area (Å²) in [7, 11) is 4.34. The van der Waals surface area contributed by atoms with Crippen LogP contribution in [0.3, 0.4) is 0 Å². The minimum atomic E-state index is -3.72. The van der Waals surface area contributed by atoms with Crippen molar-refractivity contribution in [3.05, 3.63) is 159 Å². The minimum Gasteiger partial charge on any atom is -0.497 e. The summed E-state index contributed by atoms with van der Waals surface area (Å²) >= 11 is 0. The van der Waals surface area contributed by atoms with E-state index in [-0.39, 0.29) is 65.4 Å². The Balaban J connectivity index is 0.000000220. The van der Waals surface area contributed by atoms with Crippen LogP contribution in [-0.4, -0.2) is 198 Å². The highest BCUT2D eigenvalue weighted by Crippen LogP contribution is 2.34. The number of ether oxygens (including phenoxy) is 3. The van der Waals surface area contributed by atoms with Gasteiger partial charge in [-0.25, -0.2) is 38.2 Å². The molecule has 548 valence electrons. The highest BCUT2D eigenvalue weighted by molar-refractivity contribution is 7.89. The molecule has 0 atom stereocenters. The van der Waals surface area contributed by atoms with E-state index in [9.17, 15) is 39.6 Å². The van der Waals surface area contributed by atoms with Gasteiger partial charge in [-0.15, -0.1) is 0 Å². The van der Waals surface area contributed by atoms with Crippen molar-refractivity contribution in [3.63, 3.8) is 0 Å². The van der Waals surface area contributed by atoms with Crippen molar-refractivity contribution < 1.29 is 59.0 Å². The zero-order valence-electron chi connectivity index (χ0n) is 61.2. The molecule has 5 N–H and O–H groups in total. The maximum Gasteiger partial charge on any atom is 0.304 e. The number of benzene rings is 6. The van der Waals surface area contributed by atoms with Gasteiger partial charge in [-0.3, -0.25) is 14.4 Å². The van der Waals surface area contributed by atoms with E-state index in [2.05, 4.69) is 82.9 Å². The van der Waals surface area contributed by atoms with E-state index in [0.717, 1.165) is 79.1 Å². The Kier molecular flexibility index (Phi) is 30.5. The number of sulfonamides is 3. The molecule has 3 fully saturated rings. The Hall–Kier alpha value is -7.46. The molecular weight excluding hydrogens is 1330 g/mol. The molecule has 6 aromatic carbocycles. The Morgan fingerprint density at radius 3 is 0.890 bits per heavy atom. The molecule has 0 bridgehead atoms. The number of hydrogen-bond donors (Lipinski definition) is 4. The molecule has 3 heterocycles. The molecule has 2 amide bonds. The fraction of sp³-hybridized carbons (Fsp3) is 0.480. The molecule has 9 rings (SSSR count). The number of carboxylic acid groups (broad SMARTS) is 1. The summed E-state index contributed by atoms with van der Waals surface area (Å²) in [6.07, 6.45) is 7.06. The average Bonchev–Trinajstić information content (AvgIpc) is 0.796. The van der Waals surface area contributed by atoms with E-state index in [0.29, 0.717) is 62.5 Å². The molecule has 3 aliphatic heterocycles. The van der Waals surface area contributed by atoms with Gasteiger partial charge in [0.1, 0.15) is 17.2 Å². The van der Waals surface area contributed by atoms with E-state index in [4.69, 9.17) is 25.1 Å². The van der Waals surface area contributed by atoms with E-state index in [1.54, 1.807) is 92.2 Å². The number of carboxylic acids is 1. The maximum atomic E-state index is 13.1. The number of rotatable bonds is 23. The fourth-order valence-electron chi connectivity index (χ4n) is 12.8. The Bertz CT molecular complexity index is 3800. The van der Waals surface area contributed by atoms with Gasteiger partial charge < -0.3 is 50.4 Å². The molecule has 22 nitrogen and oxygen atoms in total. The van der Waals surface area contributed by atoms with Crippen LogP contribution in [0.25, 0.3) is 0 Å². The lowest BCUT2D eigenvalue weighted by Gasteiger charge is -2.29. The number of carbonyl (C=O) groups excluding carboxylic acids is 2. The van der Waals surface area contributed by atoms with Crippen LogP contribution in [0.2, 0.25) is 0 Å². The zero-order valence-corrected chi connectivity index (χ0v) is 63.6. The van der Waals surface area contributed by atoms with E-state index in [1.165, 1.54) is 79.5 Å². The number of likely N-dealkylation sites (tertiary alicyclic amines) is 3. The molecule has 0 radical (unpaired) electrons. The van der Waals surface area contributed by atoms with Gasteiger partial charge in [0.15, 0.2) is 0 Å². The summed E-state index contributed by atoms with van der Waals surface area (Å²) in [5.74, 6) is 2.23. The highest BCUT2D eigenvalue weighted by atomic mass is 32.2. The van der Waals surface area contributed by atoms with Crippen molar-refractivity contribution in [2.75, 3.05) is 139 Å². The Morgan fingerprint density at radius 1 is 0.430 bits per heavy atom. The predicted octanol–water partition coefficient (Wildman–Crippen LogP) is 11.0. The van der Waals surface area contributed by atoms with Crippen LogP contribution in [0.1, 0.15) is 126 Å². The number of nitrogens with two attached hydrogens (primary N) is 1. The molecule has 0 aromatic heterocycles. The van der Waals surface area contributed by atoms with Gasteiger partial charge in [-0.05, 0) is 281 Å². The first-order chi connectivity index (χ1) is 47.2. The topological polar surface area (TPSA) is 271 Å². The van der Waals surface area contributed by atoms with Gasteiger partial charge in [0.05, 0.1) is 42.4 Å². The number of aliphatic carboxylic acids is 1. The first kappa shape index (κ1) is 81.5. The van der Waals surface area contributed by atoms with Crippen molar-refractivity contribution in [2.45, 2.75) is 132 Å². The zero-order chi connectivity index (χ0) is 73.8. The van der Waals surface area contributed by atoms with Crippen LogP contribution in [0.15, 0.2) is 124 Å². The summed E-state index contributed by atoms with van der Waals surface area (Å²) in [5.41, 5.74) is 15.7. The van der Waals surface area contributed by atoms with Gasteiger partial charge in [-0.2, -0.15) is 0 Å². The van der Waals surface area contributed by atoms with Crippen LogP contribution in [-0.2, 0) is 44.5 Å². The number of nitrogens with one attached hydrogen (secondary N) is 2. The Labute approximate surface area is 595 Å². The van der Waals surface area contributed by atoms with Gasteiger partial charge in [0.2, 0.25) is 41.9 Å². The number of anilines is 3. The summed E-state index contributed by atoms with van der Waals surface area (Å²) in [6, 6.07) is 34.5. The Morgan fingerprint density at radius 2 is 0.660 bits per heavy atom. The second kappa shape index (κ2) is 37.5. The van der Waals surface area contributed by atoms with Crippen molar-refractivity contribution in [1.82, 2.24) is 27.6 Å². The molecule has 6 aromatic rings. The number of carbonyl (C=O) groups is 3. The lowest BCUT2D eigenvalue weighted by molar-refractivity contribution is -0.137. The number of aryl methyl sites for hydroxylation is 6. The third-order valence-corrected chi connectivity index (χ3v) is 25.3. The molecule has 3 saturated heterocycles. The monoisotopic (exact) mass is 1440 g/mol. The molecule has 3 aliphatic rings.